The molecular formula is C13H16N2O3. The van der Waals surface area contributed by atoms with E-state index in [1.807, 2.05) is 0 Å². The number of amides is 1. The fraction of sp³-hybridized carbons (Fsp3) is 0.385. The molecule has 1 amide bonds. The summed E-state index contributed by atoms with van der Waals surface area (Å²) in [6, 6.07) is 4.84. The van der Waals surface area contributed by atoms with Crippen LogP contribution in [0.25, 0.3) is 0 Å². The third-order valence-corrected chi connectivity index (χ3v) is 3.54. The molecule has 1 aromatic rings. The van der Waals surface area contributed by atoms with Crippen molar-refractivity contribution in [1.82, 2.24) is 0 Å². The molecule has 0 heterocycles. The maximum absolute atomic E-state index is 12.0. The van der Waals surface area contributed by atoms with Gasteiger partial charge in [-0.05, 0) is 37.5 Å². The first kappa shape index (κ1) is 12.6. The van der Waals surface area contributed by atoms with Crippen molar-refractivity contribution in [2.24, 2.45) is 11.1 Å². The van der Waals surface area contributed by atoms with Gasteiger partial charge < -0.3 is 16.2 Å². The number of aromatic carboxylic acids is 1. The monoisotopic (exact) mass is 248 g/mol. The summed E-state index contributed by atoms with van der Waals surface area (Å²) < 4.78 is 0. The Bertz CT molecular complexity index is 507. The molecule has 0 unspecified atom stereocenters. The van der Waals surface area contributed by atoms with Crippen LogP contribution in [0, 0.1) is 12.3 Å². The van der Waals surface area contributed by atoms with Gasteiger partial charge in [0.15, 0.2) is 0 Å². The third-order valence-electron chi connectivity index (χ3n) is 3.54. The predicted molar refractivity (Wildman–Crippen MR) is 67.5 cm³/mol. The summed E-state index contributed by atoms with van der Waals surface area (Å²) >= 11 is 0. The van der Waals surface area contributed by atoms with Crippen molar-refractivity contribution in [2.45, 2.75) is 19.8 Å². The molecule has 5 nitrogen and oxygen atoms in total. The standard InChI is InChI=1S/C13H16N2O3/c1-8-9(11(16)17)3-2-4-10(8)15-12(18)13(7-14)5-6-13/h2-4H,5-7,14H2,1H3,(H,15,18)(H,16,17). The number of hydrogen-bond donors (Lipinski definition) is 3. The Balaban J connectivity index is 2.22. The lowest BCUT2D eigenvalue weighted by molar-refractivity contribution is -0.120. The van der Waals surface area contributed by atoms with E-state index < -0.39 is 11.4 Å². The number of carboxylic acid groups (broad SMARTS) is 1. The average molecular weight is 248 g/mol. The van der Waals surface area contributed by atoms with Crippen LogP contribution < -0.4 is 11.1 Å². The summed E-state index contributed by atoms with van der Waals surface area (Å²) in [5, 5.41) is 11.8. The second kappa shape index (κ2) is 4.42. The Labute approximate surface area is 105 Å². The SMILES string of the molecule is Cc1c(NC(=O)C2(CN)CC2)cccc1C(=O)O. The molecule has 1 aliphatic rings. The second-order valence-electron chi connectivity index (χ2n) is 4.72. The topological polar surface area (TPSA) is 92.4 Å². The lowest BCUT2D eigenvalue weighted by atomic mass is 10.0. The first-order valence-electron chi connectivity index (χ1n) is 5.84. The molecule has 0 radical (unpaired) electrons. The molecule has 5 heteroatoms. The zero-order valence-corrected chi connectivity index (χ0v) is 10.2. The van der Waals surface area contributed by atoms with Crippen LogP contribution in [0.1, 0.15) is 28.8 Å². The van der Waals surface area contributed by atoms with Crippen molar-refractivity contribution in [3.8, 4) is 0 Å². The number of carbonyl (C=O) groups is 2. The van der Waals surface area contributed by atoms with Gasteiger partial charge in [0.05, 0.1) is 11.0 Å². The maximum atomic E-state index is 12.0. The Morgan fingerprint density at radius 1 is 1.44 bits per heavy atom. The zero-order chi connectivity index (χ0) is 13.3. The largest absolute Gasteiger partial charge is 0.478 e. The fourth-order valence-electron chi connectivity index (χ4n) is 1.93. The Hall–Kier alpha value is -1.88. The van der Waals surface area contributed by atoms with Gasteiger partial charge in [0.1, 0.15) is 0 Å². The van der Waals surface area contributed by atoms with E-state index in [1.54, 1.807) is 19.1 Å². The number of benzene rings is 1. The van der Waals surface area contributed by atoms with E-state index in [0.29, 0.717) is 17.8 Å². The van der Waals surface area contributed by atoms with Gasteiger partial charge in [-0.1, -0.05) is 6.07 Å². The Morgan fingerprint density at radius 3 is 2.61 bits per heavy atom. The van der Waals surface area contributed by atoms with E-state index in [1.165, 1.54) is 6.07 Å². The molecule has 4 N–H and O–H groups in total. The number of rotatable bonds is 4. The van der Waals surface area contributed by atoms with Crippen LogP contribution in [0.5, 0.6) is 0 Å². The molecule has 1 saturated carbocycles. The first-order chi connectivity index (χ1) is 8.50. The first-order valence-corrected chi connectivity index (χ1v) is 5.84. The van der Waals surface area contributed by atoms with Gasteiger partial charge in [-0.25, -0.2) is 4.79 Å². The molecule has 1 fully saturated rings. The molecule has 0 saturated heterocycles. The number of nitrogens with two attached hydrogens (primary N) is 1. The second-order valence-corrected chi connectivity index (χ2v) is 4.72. The minimum absolute atomic E-state index is 0.115. The van der Waals surface area contributed by atoms with Crippen LogP contribution in [0.4, 0.5) is 5.69 Å². The van der Waals surface area contributed by atoms with E-state index in [0.717, 1.165) is 12.8 Å². The Morgan fingerprint density at radius 2 is 2.11 bits per heavy atom. The zero-order valence-electron chi connectivity index (χ0n) is 10.2. The minimum Gasteiger partial charge on any atom is -0.478 e. The lowest BCUT2D eigenvalue weighted by Crippen LogP contribution is -2.31. The highest BCUT2D eigenvalue weighted by molar-refractivity contribution is 5.99. The van der Waals surface area contributed by atoms with Crippen molar-refractivity contribution in [3.63, 3.8) is 0 Å². The molecule has 0 bridgehead atoms. The van der Waals surface area contributed by atoms with Gasteiger partial charge in [0.25, 0.3) is 0 Å². The van der Waals surface area contributed by atoms with Crippen LogP contribution >= 0.6 is 0 Å². The van der Waals surface area contributed by atoms with E-state index >= 15 is 0 Å². The molecule has 96 valence electrons. The van der Waals surface area contributed by atoms with Crippen LogP contribution in [-0.2, 0) is 4.79 Å². The van der Waals surface area contributed by atoms with E-state index in [4.69, 9.17) is 10.8 Å². The van der Waals surface area contributed by atoms with Crippen LogP contribution in [-0.4, -0.2) is 23.5 Å². The van der Waals surface area contributed by atoms with Gasteiger partial charge in [-0.3, -0.25) is 4.79 Å². The summed E-state index contributed by atoms with van der Waals surface area (Å²) in [6.45, 7) is 2.01. The van der Waals surface area contributed by atoms with Crippen molar-refractivity contribution in [2.75, 3.05) is 11.9 Å². The van der Waals surface area contributed by atoms with Crippen molar-refractivity contribution < 1.29 is 14.7 Å². The highest BCUT2D eigenvalue weighted by Gasteiger charge is 2.48. The molecule has 0 atom stereocenters. The van der Waals surface area contributed by atoms with Crippen LogP contribution in [0.2, 0.25) is 0 Å². The highest BCUT2D eigenvalue weighted by atomic mass is 16.4. The van der Waals surface area contributed by atoms with Crippen LogP contribution in [0.15, 0.2) is 18.2 Å². The molecule has 1 aliphatic carbocycles. The number of carboxylic acids is 1. The van der Waals surface area contributed by atoms with E-state index in [-0.39, 0.29) is 11.5 Å². The molecule has 0 aliphatic heterocycles. The molecule has 2 rings (SSSR count). The van der Waals surface area contributed by atoms with Crippen molar-refractivity contribution in [3.05, 3.63) is 29.3 Å². The van der Waals surface area contributed by atoms with Gasteiger partial charge in [-0.2, -0.15) is 0 Å². The molecular weight excluding hydrogens is 232 g/mol. The summed E-state index contributed by atoms with van der Waals surface area (Å²) in [4.78, 5) is 23.0. The number of nitrogens with one attached hydrogen (secondary N) is 1. The van der Waals surface area contributed by atoms with Gasteiger partial charge in [0.2, 0.25) is 5.91 Å². The quantitative estimate of drug-likeness (QED) is 0.750. The summed E-state index contributed by atoms with van der Waals surface area (Å²) in [5.74, 6) is -1.11. The summed E-state index contributed by atoms with van der Waals surface area (Å²) in [5.41, 5.74) is 6.45. The van der Waals surface area contributed by atoms with Crippen molar-refractivity contribution in [1.29, 1.82) is 0 Å². The normalized spacial score (nSPS) is 16.1. The summed E-state index contributed by atoms with van der Waals surface area (Å²) in [7, 11) is 0. The molecule has 1 aromatic carbocycles. The predicted octanol–water partition coefficient (Wildman–Crippen LogP) is 1.37. The molecule has 0 aromatic heterocycles. The number of anilines is 1. The van der Waals surface area contributed by atoms with E-state index in [2.05, 4.69) is 5.32 Å². The fourth-order valence-corrected chi connectivity index (χ4v) is 1.93. The maximum Gasteiger partial charge on any atom is 0.336 e. The molecule has 0 spiro atoms. The average Bonchev–Trinajstić information content (AvgIpc) is 3.12. The van der Waals surface area contributed by atoms with E-state index in [9.17, 15) is 9.59 Å². The minimum atomic E-state index is -0.997. The number of carbonyl (C=O) groups excluding carboxylic acids is 1. The smallest absolute Gasteiger partial charge is 0.336 e. The van der Waals surface area contributed by atoms with Crippen LogP contribution in [0.3, 0.4) is 0 Å². The highest BCUT2D eigenvalue weighted by Crippen LogP contribution is 2.45. The Kier molecular flexibility index (Phi) is 3.09. The van der Waals surface area contributed by atoms with Crippen molar-refractivity contribution >= 4 is 17.6 Å². The lowest BCUT2D eigenvalue weighted by Gasteiger charge is -2.15. The number of hydrogen-bond acceptors (Lipinski definition) is 3. The third kappa shape index (κ3) is 2.09. The van der Waals surface area contributed by atoms with Gasteiger partial charge in [-0.15, -0.1) is 0 Å². The summed E-state index contributed by atoms with van der Waals surface area (Å²) in [6.07, 6.45) is 1.60. The van der Waals surface area contributed by atoms with Gasteiger partial charge in [0, 0.05) is 12.2 Å². The molecule has 18 heavy (non-hydrogen) atoms. The van der Waals surface area contributed by atoms with Gasteiger partial charge >= 0.3 is 5.97 Å².